The van der Waals surface area contributed by atoms with Gasteiger partial charge >= 0.3 is 0 Å². The number of hydrazone groups is 1. The van der Waals surface area contributed by atoms with Gasteiger partial charge in [0, 0.05) is 11.4 Å². The van der Waals surface area contributed by atoms with Gasteiger partial charge in [-0.15, -0.1) is 0 Å². The number of aryl methyl sites for hydroxylation is 2. The molecule has 0 fully saturated rings. The summed E-state index contributed by atoms with van der Waals surface area (Å²) in [5.74, 6) is 0.402. The quantitative estimate of drug-likeness (QED) is 0.394. The predicted octanol–water partition coefficient (Wildman–Crippen LogP) is 5.31. The van der Waals surface area contributed by atoms with Gasteiger partial charge in [-0.3, -0.25) is 4.79 Å². The summed E-state index contributed by atoms with van der Waals surface area (Å²) >= 11 is 11.9. The third-order valence-corrected chi connectivity index (χ3v) is 4.50. The lowest BCUT2D eigenvalue weighted by molar-refractivity contribution is -0.121. The highest BCUT2D eigenvalue weighted by molar-refractivity contribution is 6.35. The van der Waals surface area contributed by atoms with E-state index in [0.29, 0.717) is 35.2 Å². The Morgan fingerprint density at radius 3 is 2.58 bits per heavy atom. The molecule has 138 valence electrons. The van der Waals surface area contributed by atoms with Gasteiger partial charge in [0.05, 0.1) is 17.3 Å². The molecule has 0 aromatic heterocycles. The Morgan fingerprint density at radius 1 is 1.12 bits per heavy atom. The molecular weight excluding hydrogens is 371 g/mol. The van der Waals surface area contributed by atoms with E-state index < -0.39 is 0 Å². The number of halogens is 2. The predicted molar refractivity (Wildman–Crippen MR) is 107 cm³/mol. The number of carbonyl (C=O) groups is 1. The second-order valence-electron chi connectivity index (χ2n) is 6.06. The summed E-state index contributed by atoms with van der Waals surface area (Å²) in [4.78, 5) is 11.9. The molecule has 1 N–H and O–H groups in total. The summed E-state index contributed by atoms with van der Waals surface area (Å²) in [6.07, 6.45) is 0.873. The minimum absolute atomic E-state index is 0.154. The van der Waals surface area contributed by atoms with Crippen molar-refractivity contribution < 1.29 is 9.53 Å². The second kappa shape index (κ2) is 9.60. The fraction of sp³-hybridized carbons (Fsp3) is 0.300. The molecule has 2 aromatic carbocycles. The monoisotopic (exact) mass is 392 g/mol. The van der Waals surface area contributed by atoms with E-state index in [2.05, 4.69) is 30.4 Å². The van der Waals surface area contributed by atoms with Crippen LogP contribution in [0.2, 0.25) is 10.0 Å². The molecule has 2 aromatic rings. The highest BCUT2D eigenvalue weighted by Crippen LogP contribution is 2.27. The van der Waals surface area contributed by atoms with E-state index in [1.54, 1.807) is 18.2 Å². The van der Waals surface area contributed by atoms with Gasteiger partial charge in [0.2, 0.25) is 5.91 Å². The van der Waals surface area contributed by atoms with Crippen LogP contribution >= 0.6 is 23.2 Å². The molecular formula is C20H22Cl2N2O2. The zero-order valence-corrected chi connectivity index (χ0v) is 16.6. The number of benzene rings is 2. The number of nitrogens with zero attached hydrogens (tertiary/aromatic N) is 1. The Balaban J connectivity index is 1.76. The summed E-state index contributed by atoms with van der Waals surface area (Å²) in [7, 11) is 0. The van der Waals surface area contributed by atoms with Crippen LogP contribution in [0.3, 0.4) is 0 Å². The van der Waals surface area contributed by atoms with Crippen molar-refractivity contribution in [2.75, 3.05) is 6.61 Å². The zero-order valence-electron chi connectivity index (χ0n) is 15.1. The standard InChI is InChI=1S/C20H22Cl2N2O2/c1-13-6-7-16(11-14(13)2)15(3)23-24-20(25)5-4-10-26-19-9-8-17(21)12-18(19)22/h6-9,11-12H,4-5,10H2,1-3H3,(H,24,25)/b23-15+. The average molecular weight is 393 g/mol. The SMILES string of the molecule is C/C(=N\NC(=O)CCCOc1ccc(Cl)cc1Cl)c1ccc(C)c(C)c1. The van der Waals surface area contributed by atoms with Gasteiger partial charge in [0.1, 0.15) is 5.75 Å². The Labute approximate surface area is 164 Å². The Hall–Kier alpha value is -2.04. The van der Waals surface area contributed by atoms with Gasteiger partial charge in [-0.1, -0.05) is 35.3 Å². The fourth-order valence-corrected chi connectivity index (χ4v) is 2.70. The number of rotatable bonds is 7. The highest BCUT2D eigenvalue weighted by atomic mass is 35.5. The van der Waals surface area contributed by atoms with Crippen LogP contribution in [-0.4, -0.2) is 18.2 Å². The molecule has 0 unspecified atom stereocenters. The van der Waals surface area contributed by atoms with Gasteiger partial charge in [-0.25, -0.2) is 5.43 Å². The Morgan fingerprint density at radius 2 is 1.88 bits per heavy atom. The Kier molecular flexibility index (Phi) is 7.49. The van der Waals surface area contributed by atoms with Crippen molar-refractivity contribution in [1.29, 1.82) is 0 Å². The Bertz CT molecular complexity index is 819. The highest BCUT2D eigenvalue weighted by Gasteiger charge is 2.05. The lowest BCUT2D eigenvalue weighted by atomic mass is 10.0. The van der Waals surface area contributed by atoms with Crippen LogP contribution in [0.25, 0.3) is 0 Å². The lowest BCUT2D eigenvalue weighted by Gasteiger charge is -2.08. The van der Waals surface area contributed by atoms with E-state index in [-0.39, 0.29) is 5.91 Å². The number of amides is 1. The van der Waals surface area contributed by atoms with Crippen LogP contribution in [0.1, 0.15) is 36.5 Å². The fourth-order valence-electron chi connectivity index (χ4n) is 2.24. The number of ether oxygens (including phenoxy) is 1. The molecule has 0 heterocycles. The normalized spacial score (nSPS) is 11.3. The minimum atomic E-state index is -0.154. The number of carbonyl (C=O) groups excluding carboxylic acids is 1. The largest absolute Gasteiger partial charge is 0.492 e. The second-order valence-corrected chi connectivity index (χ2v) is 6.90. The van der Waals surface area contributed by atoms with Crippen LogP contribution in [0.5, 0.6) is 5.75 Å². The van der Waals surface area contributed by atoms with Gasteiger partial charge in [-0.05, 0) is 68.1 Å². The molecule has 0 saturated heterocycles. The first-order valence-electron chi connectivity index (χ1n) is 8.35. The molecule has 0 saturated carbocycles. The molecule has 6 heteroatoms. The van der Waals surface area contributed by atoms with Crippen LogP contribution in [0, 0.1) is 13.8 Å². The molecule has 0 radical (unpaired) electrons. The van der Waals surface area contributed by atoms with Crippen LogP contribution in [0.15, 0.2) is 41.5 Å². The molecule has 0 bridgehead atoms. The molecule has 0 atom stereocenters. The topological polar surface area (TPSA) is 50.7 Å². The van der Waals surface area contributed by atoms with E-state index in [1.165, 1.54) is 11.1 Å². The molecule has 0 spiro atoms. The minimum Gasteiger partial charge on any atom is -0.492 e. The van der Waals surface area contributed by atoms with Crippen molar-refractivity contribution in [3.8, 4) is 5.75 Å². The average Bonchev–Trinajstić information content (AvgIpc) is 2.60. The molecule has 0 aliphatic carbocycles. The van der Waals surface area contributed by atoms with Crippen LogP contribution in [-0.2, 0) is 4.79 Å². The molecule has 2 rings (SSSR count). The van der Waals surface area contributed by atoms with Gasteiger partial charge in [-0.2, -0.15) is 5.10 Å². The number of hydrogen-bond donors (Lipinski definition) is 1. The number of nitrogens with one attached hydrogen (secondary N) is 1. The first-order chi connectivity index (χ1) is 12.4. The summed E-state index contributed by atoms with van der Waals surface area (Å²) in [5, 5.41) is 5.17. The molecule has 1 amide bonds. The van der Waals surface area contributed by atoms with E-state index in [1.807, 2.05) is 19.1 Å². The summed E-state index contributed by atoms with van der Waals surface area (Å²) in [5.41, 5.74) is 6.77. The van der Waals surface area contributed by atoms with Crippen molar-refractivity contribution in [3.05, 3.63) is 63.1 Å². The van der Waals surface area contributed by atoms with Gasteiger partial charge < -0.3 is 4.74 Å². The molecule has 4 nitrogen and oxygen atoms in total. The maximum Gasteiger partial charge on any atom is 0.240 e. The molecule has 0 aliphatic rings. The first-order valence-corrected chi connectivity index (χ1v) is 9.11. The first kappa shape index (κ1) is 20.3. The molecule has 26 heavy (non-hydrogen) atoms. The summed E-state index contributed by atoms with van der Waals surface area (Å²) < 4.78 is 5.56. The van der Waals surface area contributed by atoms with Crippen molar-refractivity contribution in [1.82, 2.24) is 5.43 Å². The zero-order chi connectivity index (χ0) is 19.1. The maximum atomic E-state index is 11.9. The third-order valence-electron chi connectivity index (χ3n) is 3.97. The van der Waals surface area contributed by atoms with Gasteiger partial charge in [0.25, 0.3) is 0 Å². The summed E-state index contributed by atoms with van der Waals surface area (Å²) in [6, 6.07) is 11.1. The van der Waals surface area contributed by atoms with E-state index >= 15 is 0 Å². The van der Waals surface area contributed by atoms with E-state index in [0.717, 1.165) is 11.3 Å². The summed E-state index contributed by atoms with van der Waals surface area (Å²) in [6.45, 7) is 6.37. The third kappa shape index (κ3) is 6.04. The number of hydrogen-bond acceptors (Lipinski definition) is 3. The van der Waals surface area contributed by atoms with Crippen molar-refractivity contribution >= 4 is 34.8 Å². The van der Waals surface area contributed by atoms with Crippen molar-refractivity contribution in [2.45, 2.75) is 33.6 Å². The lowest BCUT2D eigenvalue weighted by Crippen LogP contribution is -2.19. The van der Waals surface area contributed by atoms with Crippen molar-refractivity contribution in [2.24, 2.45) is 5.10 Å². The molecule has 0 aliphatic heterocycles. The van der Waals surface area contributed by atoms with Crippen LogP contribution < -0.4 is 10.2 Å². The van der Waals surface area contributed by atoms with E-state index in [4.69, 9.17) is 27.9 Å². The van der Waals surface area contributed by atoms with Gasteiger partial charge in [0.15, 0.2) is 0 Å². The van der Waals surface area contributed by atoms with Crippen LogP contribution in [0.4, 0.5) is 0 Å². The van der Waals surface area contributed by atoms with E-state index in [9.17, 15) is 4.79 Å². The maximum absolute atomic E-state index is 11.9. The van der Waals surface area contributed by atoms with Crippen molar-refractivity contribution in [3.63, 3.8) is 0 Å². The smallest absolute Gasteiger partial charge is 0.240 e.